The van der Waals surface area contributed by atoms with Crippen LogP contribution in [0.25, 0.3) is 0 Å². The van der Waals surface area contributed by atoms with Crippen LogP contribution in [0, 0.1) is 5.41 Å². The van der Waals surface area contributed by atoms with E-state index in [1.54, 1.807) is 0 Å². The molecule has 2 rings (SSSR count). The summed E-state index contributed by atoms with van der Waals surface area (Å²) in [7, 11) is 1.48. The van der Waals surface area contributed by atoms with Crippen molar-refractivity contribution in [3.05, 3.63) is 20.8 Å². The van der Waals surface area contributed by atoms with Gasteiger partial charge in [0.1, 0.15) is 11.5 Å². The number of nitrogens with zero attached hydrogens (tertiary/aromatic N) is 1. The lowest BCUT2D eigenvalue weighted by Gasteiger charge is -2.40. The molecular weight excluding hydrogens is 272 g/mol. The Morgan fingerprint density at radius 1 is 1.29 bits per heavy atom. The van der Waals surface area contributed by atoms with Crippen LogP contribution in [0.2, 0.25) is 0 Å². The first-order chi connectivity index (χ1) is 9.64. The van der Waals surface area contributed by atoms with Gasteiger partial charge in [-0.25, -0.2) is 4.79 Å². The fourth-order valence-corrected chi connectivity index (χ4v) is 2.63. The summed E-state index contributed by atoms with van der Waals surface area (Å²) in [5, 5.41) is 13.5. The number of anilines is 2. The third-order valence-electron chi connectivity index (χ3n) is 4.50. The molecule has 1 aromatic heterocycles. The van der Waals surface area contributed by atoms with Crippen molar-refractivity contribution in [2.24, 2.45) is 12.5 Å². The fourth-order valence-electron chi connectivity index (χ4n) is 2.63. The van der Waals surface area contributed by atoms with Gasteiger partial charge in [-0.3, -0.25) is 14.3 Å². The molecule has 1 aliphatic carbocycles. The molecule has 0 spiro atoms. The smallest absolute Gasteiger partial charge is 0.329 e. The first-order valence-electron chi connectivity index (χ1n) is 7.19. The summed E-state index contributed by atoms with van der Waals surface area (Å²) in [6, 6.07) is 0. The Bertz CT molecular complexity index is 635. The predicted molar refractivity (Wildman–Crippen MR) is 82.4 cm³/mol. The molecule has 7 nitrogen and oxygen atoms in total. The van der Waals surface area contributed by atoms with Crippen LogP contribution in [0.15, 0.2) is 9.59 Å². The minimum atomic E-state index is -0.844. The van der Waals surface area contributed by atoms with Crippen LogP contribution >= 0.6 is 0 Å². The molecule has 0 saturated heterocycles. The summed E-state index contributed by atoms with van der Waals surface area (Å²) in [4.78, 5) is 25.4. The Morgan fingerprint density at radius 3 is 2.43 bits per heavy atom. The van der Waals surface area contributed by atoms with Crippen molar-refractivity contribution in [2.45, 2.75) is 45.1 Å². The summed E-state index contributed by atoms with van der Waals surface area (Å²) in [5.41, 5.74) is 4.21. The largest absolute Gasteiger partial charge is 0.388 e. The zero-order valence-corrected chi connectivity index (χ0v) is 12.8. The quantitative estimate of drug-likeness (QED) is 0.645. The van der Waals surface area contributed by atoms with Crippen molar-refractivity contribution in [1.29, 1.82) is 0 Å². The number of nitrogens with one attached hydrogen (secondary N) is 2. The van der Waals surface area contributed by atoms with E-state index < -0.39 is 16.9 Å². The molecule has 0 unspecified atom stereocenters. The zero-order valence-electron chi connectivity index (χ0n) is 12.8. The number of rotatable bonds is 3. The predicted octanol–water partition coefficient (Wildman–Crippen LogP) is 0.399. The summed E-state index contributed by atoms with van der Waals surface area (Å²) in [6.07, 6.45) is 3.22. The van der Waals surface area contributed by atoms with Gasteiger partial charge in [-0.15, -0.1) is 0 Å². The molecule has 1 aromatic rings. The highest BCUT2D eigenvalue weighted by molar-refractivity contribution is 5.60. The van der Waals surface area contributed by atoms with E-state index in [4.69, 9.17) is 5.73 Å². The molecule has 1 fully saturated rings. The Morgan fingerprint density at radius 2 is 1.86 bits per heavy atom. The average molecular weight is 296 g/mol. The Balaban J connectivity index is 2.13. The standard InChI is InChI=1S/C14H24N4O3/c1-13(2)4-6-14(21,7-5-13)8-16-9-10(15)18(3)12(20)17-11(9)19/h16,21H,4-8,15H2,1-3H3,(H,17,19,20). The van der Waals surface area contributed by atoms with Crippen molar-refractivity contribution < 1.29 is 5.11 Å². The monoisotopic (exact) mass is 296 g/mol. The molecule has 5 N–H and O–H groups in total. The van der Waals surface area contributed by atoms with Gasteiger partial charge in [-0.05, 0) is 31.1 Å². The van der Waals surface area contributed by atoms with Crippen molar-refractivity contribution in [3.63, 3.8) is 0 Å². The topological polar surface area (TPSA) is 113 Å². The van der Waals surface area contributed by atoms with E-state index in [9.17, 15) is 14.7 Å². The van der Waals surface area contributed by atoms with Crippen molar-refractivity contribution in [1.82, 2.24) is 9.55 Å². The molecule has 0 atom stereocenters. The second kappa shape index (κ2) is 5.22. The second-order valence-corrected chi connectivity index (χ2v) is 6.82. The number of aromatic amines is 1. The van der Waals surface area contributed by atoms with Crippen molar-refractivity contribution in [2.75, 3.05) is 17.6 Å². The number of nitrogens with two attached hydrogens (primary N) is 1. The van der Waals surface area contributed by atoms with Crippen LogP contribution in [0.1, 0.15) is 39.5 Å². The number of aromatic nitrogens is 2. The van der Waals surface area contributed by atoms with Gasteiger partial charge in [0, 0.05) is 13.6 Å². The maximum atomic E-state index is 11.8. The lowest BCUT2D eigenvalue weighted by Crippen LogP contribution is -2.43. The van der Waals surface area contributed by atoms with E-state index in [0.29, 0.717) is 12.8 Å². The molecule has 0 radical (unpaired) electrons. The SMILES string of the molecule is Cn1c(N)c(NCC2(O)CCC(C)(C)CC2)c(=O)[nH]c1=O. The first kappa shape index (κ1) is 15.6. The van der Waals surface area contributed by atoms with E-state index in [1.807, 2.05) is 0 Å². The van der Waals surface area contributed by atoms with Crippen LogP contribution in [0.3, 0.4) is 0 Å². The lowest BCUT2D eigenvalue weighted by atomic mass is 9.71. The van der Waals surface area contributed by atoms with E-state index in [1.165, 1.54) is 7.05 Å². The van der Waals surface area contributed by atoms with Gasteiger partial charge >= 0.3 is 5.69 Å². The molecule has 0 aromatic carbocycles. The average Bonchev–Trinajstić information content (AvgIpc) is 2.40. The summed E-state index contributed by atoms with van der Waals surface area (Å²) in [5.74, 6) is 0.0727. The highest BCUT2D eigenvalue weighted by Gasteiger charge is 2.36. The van der Waals surface area contributed by atoms with Crippen LogP contribution in [-0.4, -0.2) is 26.8 Å². The molecule has 118 valence electrons. The second-order valence-electron chi connectivity index (χ2n) is 6.82. The third kappa shape index (κ3) is 3.29. The number of aliphatic hydroxyl groups is 1. The normalized spacial score (nSPS) is 20.2. The Kier molecular flexibility index (Phi) is 3.88. The minimum absolute atomic E-state index is 0.0727. The molecular formula is C14H24N4O3. The maximum absolute atomic E-state index is 11.8. The number of nitrogen functional groups attached to an aromatic ring is 1. The van der Waals surface area contributed by atoms with Crippen LogP contribution in [0.5, 0.6) is 0 Å². The van der Waals surface area contributed by atoms with Gasteiger partial charge in [-0.2, -0.15) is 0 Å². The first-order valence-corrected chi connectivity index (χ1v) is 7.19. The van der Waals surface area contributed by atoms with Crippen LogP contribution < -0.4 is 22.3 Å². The van der Waals surface area contributed by atoms with E-state index in [2.05, 4.69) is 24.1 Å². The number of H-pyrrole nitrogens is 1. The van der Waals surface area contributed by atoms with Gasteiger partial charge in [0.25, 0.3) is 5.56 Å². The van der Waals surface area contributed by atoms with Crippen molar-refractivity contribution in [3.8, 4) is 0 Å². The van der Waals surface area contributed by atoms with Gasteiger partial charge in [0.05, 0.1) is 5.60 Å². The molecule has 0 amide bonds. The zero-order chi connectivity index (χ0) is 15.8. The Hall–Kier alpha value is -1.76. The molecule has 1 aliphatic rings. The molecule has 1 heterocycles. The maximum Gasteiger partial charge on any atom is 0.329 e. The Labute approximate surface area is 123 Å². The van der Waals surface area contributed by atoms with Crippen LogP contribution in [-0.2, 0) is 7.05 Å². The fraction of sp³-hybridized carbons (Fsp3) is 0.714. The lowest BCUT2D eigenvalue weighted by molar-refractivity contribution is -0.0145. The van der Waals surface area contributed by atoms with E-state index >= 15 is 0 Å². The highest BCUT2D eigenvalue weighted by atomic mass is 16.3. The summed E-state index contributed by atoms with van der Waals surface area (Å²) >= 11 is 0. The summed E-state index contributed by atoms with van der Waals surface area (Å²) in [6.45, 7) is 4.62. The minimum Gasteiger partial charge on any atom is -0.388 e. The molecule has 1 saturated carbocycles. The molecule has 7 heteroatoms. The van der Waals surface area contributed by atoms with E-state index in [-0.39, 0.29) is 23.5 Å². The van der Waals surface area contributed by atoms with Gasteiger partial charge in [-0.1, -0.05) is 13.8 Å². The number of hydrogen-bond acceptors (Lipinski definition) is 5. The molecule has 0 bridgehead atoms. The highest BCUT2D eigenvalue weighted by Crippen LogP contribution is 2.40. The molecule has 21 heavy (non-hydrogen) atoms. The third-order valence-corrected chi connectivity index (χ3v) is 4.50. The van der Waals surface area contributed by atoms with E-state index in [0.717, 1.165) is 17.4 Å². The summed E-state index contributed by atoms with van der Waals surface area (Å²) < 4.78 is 1.16. The van der Waals surface area contributed by atoms with Gasteiger partial charge in [0.15, 0.2) is 0 Å². The van der Waals surface area contributed by atoms with Crippen LogP contribution in [0.4, 0.5) is 11.5 Å². The van der Waals surface area contributed by atoms with Crippen molar-refractivity contribution >= 4 is 11.5 Å². The van der Waals surface area contributed by atoms with Gasteiger partial charge < -0.3 is 16.2 Å². The molecule has 0 aliphatic heterocycles. The van der Waals surface area contributed by atoms with Gasteiger partial charge in [0.2, 0.25) is 0 Å². The number of hydrogen-bond donors (Lipinski definition) is 4.